The lowest BCUT2D eigenvalue weighted by molar-refractivity contribution is -0.158. The highest BCUT2D eigenvalue weighted by atomic mass is 32.2. The van der Waals surface area contributed by atoms with Gasteiger partial charge >= 0.3 is 5.97 Å². The number of aliphatic carboxylic acids is 1. The van der Waals surface area contributed by atoms with Crippen LogP contribution >= 0.6 is 11.8 Å². The Morgan fingerprint density at radius 1 is 1.35 bits per heavy atom. The summed E-state index contributed by atoms with van der Waals surface area (Å²) in [5, 5.41) is 16.0. The fourth-order valence-electron chi connectivity index (χ4n) is 5.54. The van der Waals surface area contributed by atoms with Gasteiger partial charge < -0.3 is 31.3 Å². The summed E-state index contributed by atoms with van der Waals surface area (Å²) in [4.78, 5) is 57.5. The minimum Gasteiger partial charge on any atom is -0.477 e. The Labute approximate surface area is 202 Å². The molecular formula is C22H32N6O5S. The number of likely N-dealkylation sites (tertiary alicyclic amines) is 1. The SMILES string of the molecule is C[C@H]1C(S[C@@H]2CN[C@H](C(=O)N3CCCC3)C2)=C(C(=O)O)N2C(=O)[C@H]([C@@H](C)NC(=O)CN=CN)C12. The van der Waals surface area contributed by atoms with Crippen LogP contribution in [0.5, 0.6) is 0 Å². The summed E-state index contributed by atoms with van der Waals surface area (Å²) >= 11 is 1.46. The summed E-state index contributed by atoms with van der Waals surface area (Å²) in [6.07, 6.45) is 3.75. The first kappa shape index (κ1) is 24.5. The number of carboxylic acids is 1. The second kappa shape index (κ2) is 9.95. The molecule has 4 rings (SSSR count). The smallest absolute Gasteiger partial charge is 0.353 e. The predicted octanol–water partition coefficient (Wildman–Crippen LogP) is -0.663. The van der Waals surface area contributed by atoms with Crippen molar-refractivity contribution in [2.75, 3.05) is 26.2 Å². The van der Waals surface area contributed by atoms with E-state index in [1.165, 1.54) is 16.7 Å². The number of thioether (sulfide) groups is 1. The topological polar surface area (TPSA) is 157 Å². The molecule has 0 aliphatic carbocycles. The van der Waals surface area contributed by atoms with Crippen molar-refractivity contribution in [2.24, 2.45) is 22.6 Å². The molecule has 1 unspecified atom stereocenters. The maximum Gasteiger partial charge on any atom is 0.353 e. The fraction of sp³-hybridized carbons (Fsp3) is 0.682. The van der Waals surface area contributed by atoms with Gasteiger partial charge in [0.15, 0.2) is 0 Å². The van der Waals surface area contributed by atoms with Gasteiger partial charge in [-0.25, -0.2) is 4.79 Å². The maximum atomic E-state index is 13.0. The molecule has 3 amide bonds. The highest BCUT2D eigenvalue weighted by Crippen LogP contribution is 2.51. The number of nitrogens with one attached hydrogen (secondary N) is 2. The number of hydrogen-bond acceptors (Lipinski definition) is 7. The van der Waals surface area contributed by atoms with Gasteiger partial charge in [0.1, 0.15) is 12.2 Å². The van der Waals surface area contributed by atoms with Crippen LogP contribution in [0, 0.1) is 11.8 Å². The van der Waals surface area contributed by atoms with Crippen molar-refractivity contribution in [3.8, 4) is 0 Å². The van der Waals surface area contributed by atoms with Crippen molar-refractivity contribution in [3.63, 3.8) is 0 Å². The average molecular weight is 493 g/mol. The minimum atomic E-state index is -1.13. The van der Waals surface area contributed by atoms with E-state index in [0.717, 1.165) is 32.3 Å². The molecule has 0 aromatic heterocycles. The molecule has 12 heteroatoms. The summed E-state index contributed by atoms with van der Waals surface area (Å²) in [7, 11) is 0. The number of hydrogen-bond donors (Lipinski definition) is 4. The second-order valence-corrected chi connectivity index (χ2v) is 10.7. The summed E-state index contributed by atoms with van der Waals surface area (Å²) in [5.74, 6) is -2.36. The first-order valence-corrected chi connectivity index (χ1v) is 12.6. The highest BCUT2D eigenvalue weighted by Gasteiger charge is 2.60. The Morgan fingerprint density at radius 3 is 2.71 bits per heavy atom. The zero-order valence-electron chi connectivity index (χ0n) is 19.4. The first-order chi connectivity index (χ1) is 16.2. The molecule has 4 heterocycles. The normalized spacial score (nSPS) is 31.7. The van der Waals surface area contributed by atoms with E-state index in [0.29, 0.717) is 17.9 Å². The van der Waals surface area contributed by atoms with Crippen molar-refractivity contribution in [3.05, 3.63) is 10.6 Å². The number of β-lactam (4-membered cyclic amide) rings is 1. The van der Waals surface area contributed by atoms with Gasteiger partial charge in [-0.2, -0.15) is 0 Å². The van der Waals surface area contributed by atoms with Crippen molar-refractivity contribution < 1.29 is 24.3 Å². The number of aliphatic imine (C=N–C) groups is 1. The van der Waals surface area contributed by atoms with Crippen molar-refractivity contribution in [1.82, 2.24) is 20.4 Å². The van der Waals surface area contributed by atoms with Gasteiger partial charge in [0.05, 0.1) is 24.3 Å². The molecule has 186 valence electrons. The van der Waals surface area contributed by atoms with E-state index in [1.54, 1.807) is 6.92 Å². The van der Waals surface area contributed by atoms with Crippen molar-refractivity contribution in [1.29, 1.82) is 0 Å². The molecule has 34 heavy (non-hydrogen) atoms. The van der Waals surface area contributed by atoms with Gasteiger partial charge in [0.2, 0.25) is 17.7 Å². The molecule has 3 fully saturated rings. The van der Waals surface area contributed by atoms with E-state index >= 15 is 0 Å². The Morgan fingerprint density at radius 2 is 2.06 bits per heavy atom. The van der Waals surface area contributed by atoms with Gasteiger partial charge in [-0.1, -0.05) is 6.92 Å². The van der Waals surface area contributed by atoms with Gasteiger partial charge in [0, 0.05) is 41.7 Å². The van der Waals surface area contributed by atoms with E-state index in [2.05, 4.69) is 15.6 Å². The highest BCUT2D eigenvalue weighted by molar-refractivity contribution is 8.03. The lowest BCUT2D eigenvalue weighted by atomic mass is 9.78. The molecule has 0 aromatic carbocycles. The van der Waals surface area contributed by atoms with E-state index in [9.17, 15) is 24.3 Å². The number of carboxylic acid groups (broad SMARTS) is 1. The van der Waals surface area contributed by atoms with Crippen molar-refractivity contribution >= 4 is 41.8 Å². The monoisotopic (exact) mass is 492 g/mol. The number of carbonyl (C=O) groups is 4. The van der Waals surface area contributed by atoms with E-state index in [-0.39, 0.29) is 53.2 Å². The zero-order valence-corrected chi connectivity index (χ0v) is 20.2. The third-order valence-electron chi connectivity index (χ3n) is 7.16. The van der Waals surface area contributed by atoms with Crippen LogP contribution in [-0.2, 0) is 19.2 Å². The van der Waals surface area contributed by atoms with E-state index in [4.69, 9.17) is 5.73 Å². The number of fused-ring (bicyclic) bond motifs is 1. The fourth-order valence-corrected chi connectivity index (χ4v) is 7.02. The Kier molecular flexibility index (Phi) is 7.17. The lowest BCUT2D eigenvalue weighted by Gasteiger charge is -2.47. The van der Waals surface area contributed by atoms with Crippen LogP contribution in [-0.4, -0.2) is 94.5 Å². The van der Waals surface area contributed by atoms with Gasteiger partial charge in [0.25, 0.3) is 0 Å². The number of rotatable bonds is 8. The number of carbonyl (C=O) groups excluding carboxylic acids is 3. The summed E-state index contributed by atoms with van der Waals surface area (Å²) in [6, 6.07) is -1.04. The predicted molar refractivity (Wildman–Crippen MR) is 127 cm³/mol. The zero-order chi connectivity index (χ0) is 24.6. The largest absolute Gasteiger partial charge is 0.477 e. The minimum absolute atomic E-state index is 0.0318. The van der Waals surface area contributed by atoms with E-state index < -0.39 is 17.9 Å². The molecule has 4 aliphatic rings. The lowest BCUT2D eigenvalue weighted by Crippen LogP contribution is -2.66. The van der Waals surface area contributed by atoms with Crippen LogP contribution in [0.1, 0.15) is 33.1 Å². The van der Waals surface area contributed by atoms with Gasteiger partial charge in [-0.15, -0.1) is 11.8 Å². The number of nitrogens with two attached hydrogens (primary N) is 1. The summed E-state index contributed by atoms with van der Waals surface area (Å²) < 4.78 is 0. The van der Waals surface area contributed by atoms with Crippen LogP contribution in [0.4, 0.5) is 0 Å². The molecule has 3 saturated heterocycles. The molecule has 6 atom stereocenters. The maximum absolute atomic E-state index is 13.0. The molecule has 5 N–H and O–H groups in total. The van der Waals surface area contributed by atoms with Crippen molar-refractivity contribution in [2.45, 2.75) is 56.5 Å². The van der Waals surface area contributed by atoms with E-state index in [1.807, 2.05) is 11.8 Å². The van der Waals surface area contributed by atoms with Gasteiger partial charge in [-0.05, 0) is 26.2 Å². The molecule has 0 spiro atoms. The second-order valence-electron chi connectivity index (χ2n) is 9.35. The molecule has 4 aliphatic heterocycles. The molecule has 0 aromatic rings. The van der Waals surface area contributed by atoms with Gasteiger partial charge in [-0.3, -0.25) is 19.4 Å². The van der Waals surface area contributed by atoms with Crippen LogP contribution in [0.3, 0.4) is 0 Å². The van der Waals surface area contributed by atoms with Crippen LogP contribution < -0.4 is 16.4 Å². The Bertz CT molecular complexity index is 933. The summed E-state index contributed by atoms with van der Waals surface area (Å²) in [5.41, 5.74) is 5.21. The first-order valence-electron chi connectivity index (χ1n) is 11.7. The van der Waals surface area contributed by atoms with Crippen LogP contribution in [0.25, 0.3) is 0 Å². The average Bonchev–Trinajstić information content (AvgIpc) is 3.52. The molecule has 0 saturated carbocycles. The molecule has 0 bridgehead atoms. The Hall–Kier alpha value is -2.60. The quantitative estimate of drug-likeness (QED) is 0.197. The molecule has 11 nitrogen and oxygen atoms in total. The Balaban J connectivity index is 1.43. The number of nitrogens with zero attached hydrogens (tertiary/aromatic N) is 3. The third kappa shape index (κ3) is 4.40. The van der Waals surface area contributed by atoms with Crippen LogP contribution in [0.15, 0.2) is 15.6 Å². The summed E-state index contributed by atoms with van der Waals surface area (Å²) in [6.45, 7) is 5.75. The molecule has 0 radical (unpaired) electrons. The third-order valence-corrected chi connectivity index (χ3v) is 8.67. The standard InChI is InChI=1S/C22H32N6O5S/c1-11-17-16(12(2)26-15(29)9-24-10-23)21(31)28(17)18(22(32)33)19(11)34-13-7-14(25-8-13)20(30)27-5-3-4-6-27/h10-14,16-17,25H,3-9H2,1-2H3,(H2,23,24)(H,26,29)(H,32,33)/t11-,12-,13+,14+,16-,17?/m1/s1. The number of amides is 3. The van der Waals surface area contributed by atoms with Crippen LogP contribution in [0.2, 0.25) is 0 Å². The molecular weight excluding hydrogens is 460 g/mol.